The standard InChI is InChI=1S/C23H18F6N4O2/c24-22(25,26)17-3-1-2-16(14-17)21(35)32-12-10-31(11-13-32)20(34)15-4-6-18(7-5-15)33-9-8-19(30-33)23(27,28)29/h1-9,14H,10-13H2. The zero-order valence-corrected chi connectivity index (χ0v) is 18.0. The van der Waals surface area contributed by atoms with Crippen molar-refractivity contribution >= 4 is 11.8 Å². The summed E-state index contributed by atoms with van der Waals surface area (Å²) in [5.74, 6) is -0.885. The van der Waals surface area contributed by atoms with Gasteiger partial charge in [0.05, 0.1) is 11.3 Å². The van der Waals surface area contributed by atoms with E-state index in [1.54, 1.807) is 0 Å². The molecule has 12 heteroatoms. The van der Waals surface area contributed by atoms with Crippen molar-refractivity contribution in [3.63, 3.8) is 0 Å². The molecule has 0 N–H and O–H groups in total. The van der Waals surface area contributed by atoms with Gasteiger partial charge in [0.1, 0.15) is 0 Å². The molecule has 2 amide bonds. The van der Waals surface area contributed by atoms with Crippen molar-refractivity contribution in [2.75, 3.05) is 26.2 Å². The Bertz CT molecular complexity index is 1230. The number of aromatic nitrogens is 2. The monoisotopic (exact) mass is 496 g/mol. The van der Waals surface area contributed by atoms with Crippen LogP contribution in [0, 0.1) is 0 Å². The lowest BCUT2D eigenvalue weighted by Crippen LogP contribution is -2.50. The minimum Gasteiger partial charge on any atom is -0.335 e. The van der Waals surface area contributed by atoms with Crippen molar-refractivity contribution in [1.29, 1.82) is 0 Å². The first-order valence-corrected chi connectivity index (χ1v) is 10.4. The number of amides is 2. The molecule has 4 rings (SSSR count). The number of piperazine rings is 1. The first-order valence-electron chi connectivity index (χ1n) is 10.4. The molecule has 6 nitrogen and oxygen atoms in total. The van der Waals surface area contributed by atoms with Crippen molar-refractivity contribution < 1.29 is 35.9 Å². The highest BCUT2D eigenvalue weighted by atomic mass is 19.4. The van der Waals surface area contributed by atoms with Crippen molar-refractivity contribution in [3.8, 4) is 5.69 Å². The summed E-state index contributed by atoms with van der Waals surface area (Å²) in [6.07, 6.45) is -7.96. The minimum atomic E-state index is -4.56. The van der Waals surface area contributed by atoms with Crippen LogP contribution in [-0.2, 0) is 12.4 Å². The molecule has 1 aliphatic heterocycles. The van der Waals surface area contributed by atoms with Crippen LogP contribution in [0.5, 0.6) is 0 Å². The van der Waals surface area contributed by atoms with E-state index in [0.29, 0.717) is 11.3 Å². The SMILES string of the molecule is O=C(c1ccc(-n2ccc(C(F)(F)F)n2)cc1)N1CCN(C(=O)c2cccc(C(F)(F)F)c2)CC1. The van der Waals surface area contributed by atoms with Crippen molar-refractivity contribution in [1.82, 2.24) is 19.6 Å². The van der Waals surface area contributed by atoms with Crippen molar-refractivity contribution in [2.45, 2.75) is 12.4 Å². The van der Waals surface area contributed by atoms with Crippen molar-refractivity contribution in [3.05, 3.63) is 83.2 Å². The van der Waals surface area contributed by atoms with Gasteiger partial charge in [0.25, 0.3) is 11.8 Å². The third kappa shape index (κ3) is 5.31. The molecule has 0 atom stereocenters. The smallest absolute Gasteiger partial charge is 0.335 e. The number of carbonyl (C=O) groups is 2. The number of benzene rings is 2. The van der Waals surface area contributed by atoms with Crippen LogP contribution in [0.2, 0.25) is 0 Å². The third-order valence-electron chi connectivity index (χ3n) is 5.55. The largest absolute Gasteiger partial charge is 0.435 e. The molecule has 0 radical (unpaired) electrons. The summed E-state index contributed by atoms with van der Waals surface area (Å²) in [6, 6.07) is 10.9. The van der Waals surface area contributed by atoms with Crippen LogP contribution in [-0.4, -0.2) is 57.6 Å². The quantitative estimate of drug-likeness (QED) is 0.502. The second-order valence-corrected chi connectivity index (χ2v) is 7.85. The normalized spacial score (nSPS) is 14.8. The van der Waals surface area contributed by atoms with Crippen LogP contribution in [0.4, 0.5) is 26.3 Å². The maximum atomic E-state index is 12.9. The van der Waals surface area contributed by atoms with Crippen LogP contribution in [0.1, 0.15) is 32.0 Å². The van der Waals surface area contributed by atoms with Crippen LogP contribution in [0.3, 0.4) is 0 Å². The minimum absolute atomic E-state index is 0.0810. The molecule has 0 saturated carbocycles. The van der Waals surface area contributed by atoms with Gasteiger partial charge in [-0.15, -0.1) is 0 Å². The van der Waals surface area contributed by atoms with E-state index in [9.17, 15) is 35.9 Å². The summed E-state index contributed by atoms with van der Waals surface area (Å²) in [7, 11) is 0. The molecule has 2 aromatic carbocycles. The maximum Gasteiger partial charge on any atom is 0.435 e. The van der Waals surface area contributed by atoms with Gasteiger partial charge in [-0.1, -0.05) is 6.07 Å². The lowest BCUT2D eigenvalue weighted by molar-refractivity contribution is -0.141. The molecule has 1 aliphatic rings. The van der Waals surface area contributed by atoms with Gasteiger partial charge in [0.2, 0.25) is 0 Å². The third-order valence-corrected chi connectivity index (χ3v) is 5.55. The second kappa shape index (κ2) is 9.08. The topological polar surface area (TPSA) is 58.4 Å². The summed E-state index contributed by atoms with van der Waals surface area (Å²) in [5, 5.41) is 3.48. The number of rotatable bonds is 3. The van der Waals surface area contributed by atoms with Crippen LogP contribution in [0.25, 0.3) is 5.69 Å². The van der Waals surface area contributed by atoms with E-state index in [1.807, 2.05) is 0 Å². The van der Waals surface area contributed by atoms with Gasteiger partial charge in [0, 0.05) is 43.5 Å². The zero-order valence-electron chi connectivity index (χ0n) is 18.0. The molecule has 184 valence electrons. The fraction of sp³-hybridized carbons (Fsp3) is 0.261. The summed E-state index contributed by atoms with van der Waals surface area (Å²) in [6.45, 7) is 0.650. The van der Waals surface area contributed by atoms with E-state index < -0.39 is 29.5 Å². The molecule has 1 saturated heterocycles. The highest BCUT2D eigenvalue weighted by Crippen LogP contribution is 2.30. The van der Waals surface area contributed by atoms with Gasteiger partial charge in [-0.2, -0.15) is 31.4 Å². The molecule has 0 bridgehead atoms. The lowest BCUT2D eigenvalue weighted by atomic mass is 10.1. The van der Waals surface area contributed by atoms with Crippen LogP contribution < -0.4 is 0 Å². The zero-order chi connectivity index (χ0) is 25.4. The Kier molecular flexibility index (Phi) is 6.30. The number of halogens is 6. The summed E-state index contributed by atoms with van der Waals surface area (Å²) >= 11 is 0. The Balaban J connectivity index is 1.38. The summed E-state index contributed by atoms with van der Waals surface area (Å²) < 4.78 is 78.0. The summed E-state index contributed by atoms with van der Waals surface area (Å²) in [5.41, 5.74) is -1.38. The van der Waals surface area contributed by atoms with Gasteiger partial charge in [-0.05, 0) is 48.5 Å². The Morgan fingerprint density at radius 1 is 0.714 bits per heavy atom. The lowest BCUT2D eigenvalue weighted by Gasteiger charge is -2.35. The Morgan fingerprint density at radius 3 is 1.80 bits per heavy atom. The number of hydrogen-bond acceptors (Lipinski definition) is 3. The van der Waals surface area contributed by atoms with Crippen LogP contribution in [0.15, 0.2) is 60.8 Å². The molecule has 2 heterocycles. The molecule has 0 unspecified atom stereocenters. The Hall–Kier alpha value is -3.83. The van der Waals surface area contributed by atoms with Gasteiger partial charge >= 0.3 is 12.4 Å². The maximum absolute atomic E-state index is 12.9. The number of nitrogens with zero attached hydrogens (tertiary/aromatic N) is 4. The molecular formula is C23H18F6N4O2. The molecule has 0 spiro atoms. The second-order valence-electron chi connectivity index (χ2n) is 7.85. The molecule has 3 aromatic rings. The van der Waals surface area contributed by atoms with Gasteiger partial charge < -0.3 is 9.80 Å². The Morgan fingerprint density at radius 2 is 1.29 bits per heavy atom. The highest BCUT2D eigenvalue weighted by Gasteiger charge is 2.34. The molecular weight excluding hydrogens is 478 g/mol. The first-order chi connectivity index (χ1) is 16.4. The number of alkyl halides is 6. The van der Waals surface area contributed by atoms with E-state index in [2.05, 4.69) is 5.10 Å². The molecule has 35 heavy (non-hydrogen) atoms. The van der Waals surface area contributed by atoms with E-state index in [1.165, 1.54) is 52.4 Å². The molecule has 1 fully saturated rings. The van der Waals surface area contributed by atoms with Crippen molar-refractivity contribution in [2.24, 2.45) is 0 Å². The average molecular weight is 496 g/mol. The fourth-order valence-electron chi connectivity index (χ4n) is 3.68. The van der Waals surface area contributed by atoms with Gasteiger partial charge in [-0.3, -0.25) is 9.59 Å². The number of carbonyl (C=O) groups excluding carboxylic acids is 2. The molecule has 1 aromatic heterocycles. The van der Waals surface area contributed by atoms with E-state index in [4.69, 9.17) is 0 Å². The van der Waals surface area contributed by atoms with Gasteiger partial charge in [0.15, 0.2) is 5.69 Å². The number of hydrogen-bond donors (Lipinski definition) is 0. The van der Waals surface area contributed by atoms with Crippen LogP contribution >= 0.6 is 0 Å². The fourth-order valence-corrected chi connectivity index (χ4v) is 3.68. The average Bonchev–Trinajstić information content (AvgIpc) is 3.34. The van der Waals surface area contributed by atoms with Gasteiger partial charge in [-0.25, -0.2) is 4.68 Å². The Labute approximate surface area is 195 Å². The first kappa shape index (κ1) is 24.3. The predicted octanol–water partition coefficient (Wildman–Crippen LogP) is 4.51. The predicted molar refractivity (Wildman–Crippen MR) is 112 cm³/mol. The van der Waals surface area contributed by atoms with E-state index in [-0.39, 0.29) is 37.6 Å². The highest BCUT2D eigenvalue weighted by molar-refractivity contribution is 5.96. The summed E-state index contributed by atoms with van der Waals surface area (Å²) in [4.78, 5) is 28.3. The molecule has 0 aliphatic carbocycles. The van der Waals surface area contributed by atoms with E-state index >= 15 is 0 Å². The van der Waals surface area contributed by atoms with E-state index in [0.717, 1.165) is 22.9 Å².